The van der Waals surface area contributed by atoms with Gasteiger partial charge >= 0.3 is 0 Å². The zero-order valence-electron chi connectivity index (χ0n) is 13.5. The van der Waals surface area contributed by atoms with Crippen LogP contribution in [-0.2, 0) is 4.79 Å². The molecule has 0 radical (unpaired) electrons. The third-order valence-corrected chi connectivity index (χ3v) is 4.61. The van der Waals surface area contributed by atoms with E-state index in [0.717, 1.165) is 19.5 Å². The van der Waals surface area contributed by atoms with Crippen molar-refractivity contribution in [3.63, 3.8) is 0 Å². The fraction of sp³-hybridized carbons (Fsp3) is 0.611. The molecule has 0 saturated carbocycles. The molecule has 0 bridgehead atoms. The van der Waals surface area contributed by atoms with E-state index in [1.807, 2.05) is 18.0 Å². The van der Waals surface area contributed by atoms with E-state index in [0.29, 0.717) is 30.2 Å². The Kier molecular flexibility index (Phi) is 5.80. The van der Waals surface area contributed by atoms with Crippen molar-refractivity contribution >= 4 is 5.91 Å². The number of amides is 1. The SMILES string of the molecule is CNC1CCCN(C(=O)CC(c2ccccc2)C(C)C)C1. The van der Waals surface area contributed by atoms with Gasteiger partial charge in [-0.1, -0.05) is 44.2 Å². The van der Waals surface area contributed by atoms with Gasteiger partial charge < -0.3 is 10.2 Å². The maximum Gasteiger partial charge on any atom is 0.223 e. The molecule has 1 aromatic rings. The number of nitrogens with zero attached hydrogens (tertiary/aromatic N) is 1. The van der Waals surface area contributed by atoms with E-state index in [4.69, 9.17) is 0 Å². The molecule has 1 aliphatic heterocycles. The number of carbonyl (C=O) groups excluding carboxylic acids is 1. The molecule has 3 nitrogen and oxygen atoms in total. The summed E-state index contributed by atoms with van der Waals surface area (Å²) < 4.78 is 0. The minimum atomic E-state index is 0.303. The number of rotatable bonds is 5. The average Bonchev–Trinajstić information content (AvgIpc) is 2.53. The van der Waals surface area contributed by atoms with Crippen molar-refractivity contribution in [1.29, 1.82) is 0 Å². The molecule has 2 unspecified atom stereocenters. The van der Waals surface area contributed by atoms with Gasteiger partial charge in [-0.3, -0.25) is 4.79 Å². The third-order valence-electron chi connectivity index (χ3n) is 4.61. The number of hydrogen-bond donors (Lipinski definition) is 1. The first kappa shape index (κ1) is 16.0. The van der Waals surface area contributed by atoms with Crippen LogP contribution in [-0.4, -0.2) is 37.0 Å². The van der Waals surface area contributed by atoms with E-state index in [1.165, 1.54) is 12.0 Å². The molecule has 1 heterocycles. The van der Waals surface area contributed by atoms with Gasteiger partial charge in [0, 0.05) is 25.6 Å². The molecule has 1 amide bonds. The number of hydrogen-bond acceptors (Lipinski definition) is 2. The van der Waals surface area contributed by atoms with Gasteiger partial charge in [-0.05, 0) is 37.3 Å². The second kappa shape index (κ2) is 7.60. The Morgan fingerprint density at radius 3 is 2.67 bits per heavy atom. The molecule has 116 valence electrons. The molecule has 0 spiro atoms. The van der Waals surface area contributed by atoms with Crippen molar-refractivity contribution in [2.75, 3.05) is 20.1 Å². The molecule has 1 aliphatic rings. The van der Waals surface area contributed by atoms with Crippen LogP contribution in [0.1, 0.15) is 44.6 Å². The minimum absolute atomic E-state index is 0.303. The minimum Gasteiger partial charge on any atom is -0.341 e. The van der Waals surface area contributed by atoms with Gasteiger partial charge in [-0.2, -0.15) is 0 Å². The Morgan fingerprint density at radius 2 is 2.05 bits per heavy atom. The van der Waals surface area contributed by atoms with Crippen LogP contribution in [0.2, 0.25) is 0 Å². The summed E-state index contributed by atoms with van der Waals surface area (Å²) >= 11 is 0. The van der Waals surface area contributed by atoms with Crippen molar-refractivity contribution < 1.29 is 4.79 Å². The number of benzene rings is 1. The van der Waals surface area contributed by atoms with Crippen molar-refractivity contribution in [1.82, 2.24) is 10.2 Å². The Hall–Kier alpha value is -1.35. The summed E-state index contributed by atoms with van der Waals surface area (Å²) in [5.41, 5.74) is 1.28. The van der Waals surface area contributed by atoms with E-state index in [9.17, 15) is 4.79 Å². The molecule has 1 saturated heterocycles. The quantitative estimate of drug-likeness (QED) is 0.903. The zero-order chi connectivity index (χ0) is 15.2. The van der Waals surface area contributed by atoms with Gasteiger partial charge in [0.05, 0.1) is 0 Å². The van der Waals surface area contributed by atoms with Gasteiger partial charge in [0.15, 0.2) is 0 Å². The average molecular weight is 288 g/mol. The monoisotopic (exact) mass is 288 g/mol. The lowest BCUT2D eigenvalue weighted by Crippen LogP contribution is -2.47. The van der Waals surface area contributed by atoms with Crippen LogP contribution in [0.15, 0.2) is 30.3 Å². The highest BCUT2D eigenvalue weighted by atomic mass is 16.2. The molecule has 1 fully saturated rings. The molecule has 2 rings (SSSR count). The lowest BCUT2D eigenvalue weighted by Gasteiger charge is -2.34. The fourth-order valence-corrected chi connectivity index (χ4v) is 3.20. The van der Waals surface area contributed by atoms with Gasteiger partial charge in [-0.15, -0.1) is 0 Å². The summed E-state index contributed by atoms with van der Waals surface area (Å²) in [5.74, 6) is 1.09. The predicted molar refractivity (Wildman–Crippen MR) is 87.3 cm³/mol. The molecule has 3 heteroatoms. The summed E-state index contributed by atoms with van der Waals surface area (Å²) in [6.45, 7) is 6.18. The van der Waals surface area contributed by atoms with E-state index in [1.54, 1.807) is 0 Å². The van der Waals surface area contributed by atoms with Crippen molar-refractivity contribution in [2.24, 2.45) is 5.92 Å². The summed E-state index contributed by atoms with van der Waals surface area (Å²) in [6, 6.07) is 10.9. The first-order chi connectivity index (χ1) is 10.1. The second-order valence-electron chi connectivity index (χ2n) is 6.43. The number of piperidine rings is 1. The van der Waals surface area contributed by atoms with E-state index in [2.05, 4.69) is 43.4 Å². The standard InChI is InChI=1S/C18H28N2O/c1-14(2)17(15-8-5-4-6-9-15)12-18(21)20-11-7-10-16(13-20)19-3/h4-6,8-9,14,16-17,19H,7,10-13H2,1-3H3. The Bertz CT molecular complexity index is 444. The largest absolute Gasteiger partial charge is 0.341 e. The second-order valence-corrected chi connectivity index (χ2v) is 6.43. The Labute approximate surface area is 128 Å². The van der Waals surface area contributed by atoms with Crippen LogP contribution < -0.4 is 5.32 Å². The van der Waals surface area contributed by atoms with Gasteiger partial charge in [0.2, 0.25) is 5.91 Å². The van der Waals surface area contributed by atoms with Crippen molar-refractivity contribution in [3.05, 3.63) is 35.9 Å². The Balaban J connectivity index is 2.02. The molecule has 21 heavy (non-hydrogen) atoms. The van der Waals surface area contributed by atoms with Crippen LogP contribution in [0, 0.1) is 5.92 Å². The fourth-order valence-electron chi connectivity index (χ4n) is 3.20. The summed E-state index contributed by atoms with van der Waals surface area (Å²) in [5, 5.41) is 3.30. The number of likely N-dealkylation sites (tertiary alicyclic amines) is 1. The lowest BCUT2D eigenvalue weighted by molar-refractivity contribution is -0.133. The molecular formula is C18H28N2O. The number of carbonyl (C=O) groups is 1. The molecular weight excluding hydrogens is 260 g/mol. The van der Waals surface area contributed by atoms with E-state index < -0.39 is 0 Å². The number of likely N-dealkylation sites (N-methyl/N-ethyl adjacent to an activating group) is 1. The van der Waals surface area contributed by atoms with Crippen LogP contribution >= 0.6 is 0 Å². The van der Waals surface area contributed by atoms with Crippen molar-refractivity contribution in [3.8, 4) is 0 Å². The number of nitrogens with one attached hydrogen (secondary N) is 1. The van der Waals surface area contributed by atoms with Crippen LogP contribution in [0.4, 0.5) is 0 Å². The predicted octanol–water partition coefficient (Wildman–Crippen LogP) is 3.03. The summed E-state index contributed by atoms with van der Waals surface area (Å²) in [6.07, 6.45) is 2.90. The maximum absolute atomic E-state index is 12.6. The van der Waals surface area contributed by atoms with Gasteiger partial charge in [0.1, 0.15) is 0 Å². The van der Waals surface area contributed by atoms with E-state index >= 15 is 0 Å². The highest BCUT2D eigenvalue weighted by Crippen LogP contribution is 2.29. The van der Waals surface area contributed by atoms with Crippen LogP contribution in [0.3, 0.4) is 0 Å². The first-order valence-corrected chi connectivity index (χ1v) is 8.11. The summed E-state index contributed by atoms with van der Waals surface area (Å²) in [4.78, 5) is 14.7. The Morgan fingerprint density at radius 1 is 1.33 bits per heavy atom. The normalized spacial score (nSPS) is 20.6. The van der Waals surface area contributed by atoms with E-state index in [-0.39, 0.29) is 0 Å². The smallest absolute Gasteiger partial charge is 0.223 e. The molecule has 2 atom stereocenters. The van der Waals surface area contributed by atoms with Gasteiger partial charge in [-0.25, -0.2) is 0 Å². The topological polar surface area (TPSA) is 32.3 Å². The molecule has 0 aromatic heterocycles. The highest BCUT2D eigenvalue weighted by Gasteiger charge is 2.26. The third kappa shape index (κ3) is 4.31. The molecule has 1 N–H and O–H groups in total. The summed E-state index contributed by atoms with van der Waals surface area (Å²) in [7, 11) is 1.99. The molecule has 1 aromatic carbocycles. The first-order valence-electron chi connectivity index (χ1n) is 8.11. The molecule has 0 aliphatic carbocycles. The van der Waals surface area contributed by atoms with Crippen LogP contribution in [0.25, 0.3) is 0 Å². The van der Waals surface area contributed by atoms with Gasteiger partial charge in [0.25, 0.3) is 0 Å². The van der Waals surface area contributed by atoms with Crippen molar-refractivity contribution in [2.45, 2.75) is 45.1 Å². The lowest BCUT2D eigenvalue weighted by atomic mass is 9.85. The zero-order valence-corrected chi connectivity index (χ0v) is 13.5. The van der Waals surface area contributed by atoms with Crippen LogP contribution in [0.5, 0.6) is 0 Å². The highest BCUT2D eigenvalue weighted by molar-refractivity contribution is 5.77. The maximum atomic E-state index is 12.6.